The molecule has 2 N–H and O–H groups in total. The van der Waals surface area contributed by atoms with Crippen LogP contribution >= 0.6 is 0 Å². The zero-order chi connectivity index (χ0) is 18.5. The molecule has 0 aliphatic carbocycles. The lowest BCUT2D eigenvalue weighted by Gasteiger charge is -2.21. The smallest absolute Gasteiger partial charge is 0.231 e. The average molecular weight is 372 g/mol. The van der Waals surface area contributed by atoms with Crippen molar-refractivity contribution in [2.24, 2.45) is 5.92 Å². The van der Waals surface area contributed by atoms with Gasteiger partial charge in [-0.2, -0.15) is 15.0 Å². The van der Waals surface area contributed by atoms with E-state index in [4.69, 9.17) is 9.40 Å². The van der Waals surface area contributed by atoms with Crippen LogP contribution in [0.2, 0.25) is 0 Å². The molecule has 8 heteroatoms. The molecule has 2 aliphatic rings. The van der Waals surface area contributed by atoms with Crippen molar-refractivity contribution >= 4 is 17.8 Å². The van der Waals surface area contributed by atoms with Gasteiger partial charge in [0.15, 0.2) is 0 Å². The van der Waals surface area contributed by atoms with E-state index in [0.717, 1.165) is 43.8 Å². The highest BCUT2D eigenvalue weighted by Gasteiger charge is 2.22. The minimum absolute atomic E-state index is 0.0402. The lowest BCUT2D eigenvalue weighted by molar-refractivity contribution is 0.226. The summed E-state index contributed by atoms with van der Waals surface area (Å²) in [6.45, 7) is 4.67. The SMILES string of the molecule is OCC(CNc1nc(N2CCCC2)nc(N2CCCC2)n1)Cc1ccco1. The first kappa shape index (κ1) is 18.0. The Morgan fingerprint density at radius 1 is 1.00 bits per heavy atom. The minimum atomic E-state index is 0.0402. The minimum Gasteiger partial charge on any atom is -0.469 e. The Hall–Kier alpha value is -2.35. The predicted octanol–water partition coefficient (Wildman–Crippen LogP) is 1.93. The first-order valence-corrected chi connectivity index (χ1v) is 9.95. The van der Waals surface area contributed by atoms with E-state index in [1.807, 2.05) is 12.1 Å². The molecule has 4 rings (SSSR count). The van der Waals surface area contributed by atoms with E-state index in [1.165, 1.54) is 25.7 Å². The molecule has 27 heavy (non-hydrogen) atoms. The second-order valence-electron chi connectivity index (χ2n) is 7.36. The van der Waals surface area contributed by atoms with Gasteiger partial charge in [0.1, 0.15) is 5.76 Å². The second kappa shape index (κ2) is 8.56. The van der Waals surface area contributed by atoms with E-state index in [2.05, 4.69) is 25.1 Å². The Balaban J connectivity index is 1.48. The number of anilines is 3. The number of nitrogens with zero attached hydrogens (tertiary/aromatic N) is 5. The Labute approximate surface area is 159 Å². The summed E-state index contributed by atoms with van der Waals surface area (Å²) < 4.78 is 5.40. The monoisotopic (exact) mass is 372 g/mol. The molecule has 0 aromatic carbocycles. The van der Waals surface area contributed by atoms with Gasteiger partial charge in [-0.15, -0.1) is 0 Å². The molecule has 0 amide bonds. The zero-order valence-electron chi connectivity index (χ0n) is 15.7. The molecule has 2 aromatic rings. The summed E-state index contributed by atoms with van der Waals surface area (Å²) in [4.78, 5) is 18.5. The van der Waals surface area contributed by atoms with Crippen molar-refractivity contribution in [2.75, 3.05) is 54.4 Å². The molecule has 146 valence electrons. The van der Waals surface area contributed by atoms with Gasteiger partial charge in [0.25, 0.3) is 0 Å². The van der Waals surface area contributed by atoms with Crippen LogP contribution in [0.5, 0.6) is 0 Å². The lowest BCUT2D eigenvalue weighted by atomic mass is 10.1. The molecule has 1 unspecified atom stereocenters. The normalized spacial score (nSPS) is 18.3. The first-order chi connectivity index (χ1) is 13.3. The third-order valence-electron chi connectivity index (χ3n) is 5.27. The van der Waals surface area contributed by atoms with Gasteiger partial charge in [-0.3, -0.25) is 0 Å². The van der Waals surface area contributed by atoms with Crippen molar-refractivity contribution in [3.05, 3.63) is 24.2 Å². The Morgan fingerprint density at radius 2 is 1.63 bits per heavy atom. The third kappa shape index (κ3) is 4.50. The van der Waals surface area contributed by atoms with E-state index in [-0.39, 0.29) is 12.5 Å². The number of aromatic nitrogens is 3. The van der Waals surface area contributed by atoms with Gasteiger partial charge in [0.05, 0.1) is 6.26 Å². The van der Waals surface area contributed by atoms with Crippen molar-refractivity contribution in [1.82, 2.24) is 15.0 Å². The quantitative estimate of drug-likeness (QED) is 0.726. The van der Waals surface area contributed by atoms with Gasteiger partial charge >= 0.3 is 0 Å². The van der Waals surface area contributed by atoms with Crippen LogP contribution in [-0.2, 0) is 6.42 Å². The van der Waals surface area contributed by atoms with Crippen LogP contribution in [0.4, 0.5) is 17.8 Å². The predicted molar refractivity (Wildman–Crippen MR) is 104 cm³/mol. The average Bonchev–Trinajstić information content (AvgIpc) is 3.47. The molecule has 0 bridgehead atoms. The molecule has 4 heterocycles. The van der Waals surface area contributed by atoms with Gasteiger partial charge in [-0.25, -0.2) is 0 Å². The van der Waals surface area contributed by atoms with Gasteiger partial charge in [0, 0.05) is 51.7 Å². The molecular weight excluding hydrogens is 344 g/mol. The fraction of sp³-hybridized carbons (Fsp3) is 0.632. The standard InChI is InChI=1S/C19H28N6O2/c26-14-15(12-16-6-5-11-27-16)13-20-17-21-18(24-7-1-2-8-24)23-19(22-17)25-9-3-4-10-25/h5-6,11,15,26H,1-4,7-10,12-14H2,(H,20,21,22,23). The van der Waals surface area contributed by atoms with Crippen molar-refractivity contribution in [3.8, 4) is 0 Å². The summed E-state index contributed by atoms with van der Waals surface area (Å²) in [7, 11) is 0. The number of hydrogen-bond donors (Lipinski definition) is 2. The van der Waals surface area contributed by atoms with E-state index in [0.29, 0.717) is 18.9 Å². The molecule has 2 aliphatic heterocycles. The van der Waals surface area contributed by atoms with Crippen LogP contribution < -0.4 is 15.1 Å². The van der Waals surface area contributed by atoms with Crippen molar-refractivity contribution in [1.29, 1.82) is 0 Å². The van der Waals surface area contributed by atoms with Crippen molar-refractivity contribution < 1.29 is 9.52 Å². The van der Waals surface area contributed by atoms with E-state index >= 15 is 0 Å². The van der Waals surface area contributed by atoms with Crippen LogP contribution in [0.15, 0.2) is 22.8 Å². The maximum Gasteiger partial charge on any atom is 0.231 e. The van der Waals surface area contributed by atoms with Gasteiger partial charge < -0.3 is 24.6 Å². The largest absolute Gasteiger partial charge is 0.469 e. The van der Waals surface area contributed by atoms with Crippen LogP contribution in [0, 0.1) is 5.92 Å². The van der Waals surface area contributed by atoms with Crippen LogP contribution in [-0.4, -0.2) is 59.4 Å². The molecule has 0 radical (unpaired) electrons. The second-order valence-corrected chi connectivity index (χ2v) is 7.36. The number of hydrogen-bond acceptors (Lipinski definition) is 8. The van der Waals surface area contributed by atoms with Gasteiger partial charge in [-0.1, -0.05) is 0 Å². The zero-order valence-corrected chi connectivity index (χ0v) is 15.7. The summed E-state index contributed by atoms with van der Waals surface area (Å²) in [6, 6.07) is 3.80. The Bertz CT molecular complexity index is 677. The number of aliphatic hydroxyl groups excluding tert-OH is 1. The van der Waals surface area contributed by atoms with E-state index in [9.17, 15) is 5.11 Å². The molecular formula is C19H28N6O2. The molecule has 1 atom stereocenters. The highest BCUT2D eigenvalue weighted by Crippen LogP contribution is 2.23. The first-order valence-electron chi connectivity index (χ1n) is 9.95. The van der Waals surface area contributed by atoms with E-state index in [1.54, 1.807) is 6.26 Å². The molecule has 0 spiro atoms. The number of nitrogens with one attached hydrogen (secondary N) is 1. The summed E-state index contributed by atoms with van der Waals surface area (Å²) >= 11 is 0. The molecule has 2 saturated heterocycles. The summed E-state index contributed by atoms with van der Waals surface area (Å²) in [5, 5.41) is 13.0. The fourth-order valence-corrected chi connectivity index (χ4v) is 3.70. The number of furan rings is 1. The number of aliphatic hydroxyl groups is 1. The topological polar surface area (TPSA) is 90.5 Å². The highest BCUT2D eigenvalue weighted by atomic mass is 16.3. The maximum atomic E-state index is 9.71. The Morgan fingerprint density at radius 3 is 2.15 bits per heavy atom. The van der Waals surface area contributed by atoms with Crippen LogP contribution in [0.25, 0.3) is 0 Å². The summed E-state index contributed by atoms with van der Waals surface area (Å²) in [5.74, 6) is 3.03. The highest BCUT2D eigenvalue weighted by molar-refractivity contribution is 5.46. The summed E-state index contributed by atoms with van der Waals surface area (Å²) in [6.07, 6.45) is 7.08. The molecule has 2 fully saturated rings. The van der Waals surface area contributed by atoms with Crippen LogP contribution in [0.1, 0.15) is 31.4 Å². The number of rotatable bonds is 8. The van der Waals surface area contributed by atoms with Crippen LogP contribution in [0.3, 0.4) is 0 Å². The van der Waals surface area contributed by atoms with Crippen molar-refractivity contribution in [2.45, 2.75) is 32.1 Å². The lowest BCUT2D eigenvalue weighted by Crippen LogP contribution is -2.27. The third-order valence-corrected chi connectivity index (χ3v) is 5.27. The summed E-state index contributed by atoms with van der Waals surface area (Å²) in [5.41, 5.74) is 0. The van der Waals surface area contributed by atoms with Gasteiger partial charge in [0.2, 0.25) is 17.8 Å². The molecule has 0 saturated carbocycles. The molecule has 2 aromatic heterocycles. The molecule has 8 nitrogen and oxygen atoms in total. The van der Waals surface area contributed by atoms with E-state index < -0.39 is 0 Å². The van der Waals surface area contributed by atoms with Gasteiger partial charge in [-0.05, 0) is 37.8 Å². The fourth-order valence-electron chi connectivity index (χ4n) is 3.70. The Kier molecular flexibility index (Phi) is 5.72. The maximum absolute atomic E-state index is 9.71. The van der Waals surface area contributed by atoms with Crippen molar-refractivity contribution in [3.63, 3.8) is 0 Å².